The highest BCUT2D eigenvalue weighted by molar-refractivity contribution is 7.50. The summed E-state index contributed by atoms with van der Waals surface area (Å²) in [7, 11) is -4.83. The quantitative estimate of drug-likeness (QED) is 0.180. The summed E-state index contributed by atoms with van der Waals surface area (Å²) in [4.78, 5) is 38.5. The molecule has 0 spiro atoms. The summed E-state index contributed by atoms with van der Waals surface area (Å²) in [5, 5.41) is 45.0. The van der Waals surface area contributed by atoms with E-state index in [-0.39, 0.29) is 18.8 Å². The van der Waals surface area contributed by atoms with Gasteiger partial charge in [0.15, 0.2) is 6.29 Å². The van der Waals surface area contributed by atoms with Gasteiger partial charge in [0, 0.05) is 23.5 Å². The molecule has 0 saturated carbocycles. The average Bonchev–Trinajstić information content (AvgIpc) is 3.22. The van der Waals surface area contributed by atoms with Gasteiger partial charge in [0.05, 0.1) is 12.1 Å². The molecule has 1 aromatic heterocycles. The molecule has 3 rings (SSSR count). The summed E-state index contributed by atoms with van der Waals surface area (Å²) in [6, 6.07) is 4.63. The van der Waals surface area contributed by atoms with Crippen LogP contribution in [0, 0.1) is 5.92 Å². The lowest BCUT2D eigenvalue weighted by atomic mass is 10.0. The van der Waals surface area contributed by atoms with Gasteiger partial charge in [-0.15, -0.1) is 0 Å². The first kappa shape index (κ1) is 29.2. The molecule has 8 atom stereocenters. The maximum absolute atomic E-state index is 13.1. The number of benzene rings is 1. The molecule has 0 aliphatic carbocycles. The van der Waals surface area contributed by atoms with Gasteiger partial charge in [-0.1, -0.05) is 32.0 Å². The smallest absolute Gasteiger partial charge is 0.406 e. The minimum Gasteiger partial charge on any atom is -0.480 e. The third-order valence-electron chi connectivity index (χ3n) is 6.11. The number of hydrogen-bond acceptors (Lipinski definition) is 8. The van der Waals surface area contributed by atoms with Crippen molar-refractivity contribution in [2.45, 2.75) is 76.4 Å². The molecule has 0 radical (unpaired) electrons. The number of rotatable bonds is 11. The Bertz CT molecular complexity index is 1140. The summed E-state index contributed by atoms with van der Waals surface area (Å²) >= 11 is 0. The number of amides is 1. The number of para-hydroxylation sites is 1. The molecule has 1 amide bonds. The van der Waals surface area contributed by atoms with Crippen LogP contribution in [0.25, 0.3) is 10.9 Å². The van der Waals surface area contributed by atoms with Gasteiger partial charge in [-0.3, -0.25) is 9.32 Å². The summed E-state index contributed by atoms with van der Waals surface area (Å²) in [6.07, 6.45) is -6.08. The highest BCUT2D eigenvalue weighted by Crippen LogP contribution is 2.42. The number of hydrogen-bond donors (Lipinski definition) is 8. The summed E-state index contributed by atoms with van der Waals surface area (Å²) < 4.78 is 23.0. The fraction of sp³-hybridized carbons (Fsp3) is 0.565. The minimum atomic E-state index is -4.83. The zero-order chi connectivity index (χ0) is 27.5. The van der Waals surface area contributed by atoms with Crippen LogP contribution in [0.15, 0.2) is 30.5 Å². The number of aromatic nitrogens is 1. The lowest BCUT2D eigenvalue weighted by Crippen LogP contribution is -2.57. The largest absolute Gasteiger partial charge is 0.480 e. The molecule has 8 N–H and O–H groups in total. The number of H-pyrrole nitrogens is 1. The Morgan fingerprint density at radius 3 is 2.46 bits per heavy atom. The van der Waals surface area contributed by atoms with Crippen LogP contribution in [0.4, 0.5) is 0 Å². The van der Waals surface area contributed by atoms with E-state index in [4.69, 9.17) is 9.26 Å². The Balaban J connectivity index is 1.72. The molecule has 13 nitrogen and oxygen atoms in total. The van der Waals surface area contributed by atoms with Crippen molar-refractivity contribution < 1.29 is 48.7 Å². The van der Waals surface area contributed by atoms with E-state index < -0.39 is 62.4 Å². The van der Waals surface area contributed by atoms with Gasteiger partial charge in [0.25, 0.3) is 0 Å². The predicted octanol–water partition coefficient (Wildman–Crippen LogP) is 0.229. The third kappa shape index (κ3) is 7.37. The number of aliphatic hydroxyl groups excluding tert-OH is 3. The fourth-order valence-corrected chi connectivity index (χ4v) is 5.28. The Labute approximate surface area is 213 Å². The summed E-state index contributed by atoms with van der Waals surface area (Å²) in [5.41, 5.74) is 1.48. The van der Waals surface area contributed by atoms with Crippen molar-refractivity contribution in [1.29, 1.82) is 0 Å². The van der Waals surface area contributed by atoms with E-state index in [2.05, 4.69) is 15.4 Å². The molecule has 1 saturated heterocycles. The van der Waals surface area contributed by atoms with Gasteiger partial charge in [-0.2, -0.15) is 0 Å². The van der Waals surface area contributed by atoms with Crippen molar-refractivity contribution in [2.24, 2.45) is 5.92 Å². The van der Waals surface area contributed by atoms with E-state index in [1.807, 2.05) is 24.3 Å². The molecule has 206 valence electrons. The predicted molar refractivity (Wildman–Crippen MR) is 131 cm³/mol. The van der Waals surface area contributed by atoms with Crippen LogP contribution in [0.2, 0.25) is 0 Å². The first-order valence-electron chi connectivity index (χ1n) is 11.9. The van der Waals surface area contributed by atoms with Crippen molar-refractivity contribution in [3.05, 3.63) is 36.0 Å². The number of carbonyl (C=O) groups excluding carboxylic acids is 1. The molecule has 14 heteroatoms. The molecule has 37 heavy (non-hydrogen) atoms. The third-order valence-corrected chi connectivity index (χ3v) is 7.24. The van der Waals surface area contributed by atoms with Gasteiger partial charge in [-0.05, 0) is 30.9 Å². The lowest BCUT2D eigenvalue weighted by molar-refractivity contribution is -0.270. The lowest BCUT2D eigenvalue weighted by Gasteiger charge is -2.39. The zero-order valence-corrected chi connectivity index (χ0v) is 21.5. The Hall–Kier alpha value is -2.35. The van der Waals surface area contributed by atoms with Gasteiger partial charge >= 0.3 is 13.7 Å². The van der Waals surface area contributed by atoms with Crippen LogP contribution in [0.1, 0.15) is 32.8 Å². The molecule has 1 aromatic carbocycles. The minimum absolute atomic E-state index is 0.0347. The molecule has 1 aliphatic rings. The van der Waals surface area contributed by atoms with Crippen molar-refractivity contribution in [2.75, 3.05) is 0 Å². The van der Waals surface area contributed by atoms with Gasteiger partial charge in [0.1, 0.15) is 24.4 Å². The topological polar surface area (TPSA) is 211 Å². The fourth-order valence-electron chi connectivity index (χ4n) is 4.15. The number of carboxylic acids is 1. The number of aliphatic hydroxyl groups is 3. The normalized spacial score (nSPS) is 27.5. The van der Waals surface area contributed by atoms with Crippen molar-refractivity contribution in [3.63, 3.8) is 0 Å². The number of ether oxygens (including phenoxy) is 1. The number of aromatic amines is 1. The van der Waals surface area contributed by atoms with Gasteiger partial charge in [-0.25, -0.2) is 14.4 Å². The second kappa shape index (κ2) is 12.0. The van der Waals surface area contributed by atoms with Crippen LogP contribution in [-0.4, -0.2) is 85.0 Å². The first-order chi connectivity index (χ1) is 17.3. The van der Waals surface area contributed by atoms with E-state index in [9.17, 15) is 39.5 Å². The molecular formula is C23H34N3O10P. The van der Waals surface area contributed by atoms with E-state index in [0.717, 1.165) is 10.9 Å². The molecule has 2 heterocycles. The van der Waals surface area contributed by atoms with Crippen molar-refractivity contribution in [3.8, 4) is 0 Å². The van der Waals surface area contributed by atoms with Crippen molar-refractivity contribution >= 4 is 30.5 Å². The SMILES string of the molecule is CC(C)C[C@H](NP(=O)(O)OC1O[C@H](C)[C@@H](O)[C@H](O)[C@H]1O)C(=O)N[C@@H](Cc1c[nH]c2ccccc12)C(=O)O. The van der Waals surface area contributed by atoms with Gasteiger partial charge in [0.2, 0.25) is 5.91 Å². The molecule has 1 fully saturated rings. The number of fused-ring (bicyclic) bond motifs is 1. The van der Waals surface area contributed by atoms with Crippen LogP contribution in [-0.2, 0) is 29.8 Å². The van der Waals surface area contributed by atoms with E-state index in [1.165, 1.54) is 6.92 Å². The highest BCUT2D eigenvalue weighted by Gasteiger charge is 2.45. The maximum atomic E-state index is 13.1. The van der Waals surface area contributed by atoms with Crippen molar-refractivity contribution in [1.82, 2.24) is 15.4 Å². The zero-order valence-electron chi connectivity index (χ0n) is 20.6. The summed E-state index contributed by atoms with van der Waals surface area (Å²) in [5.74, 6) is -2.27. The number of aliphatic carboxylic acids is 1. The monoisotopic (exact) mass is 543 g/mol. The van der Waals surface area contributed by atoms with Crippen LogP contribution in [0.5, 0.6) is 0 Å². The van der Waals surface area contributed by atoms with Gasteiger partial charge < -0.3 is 40.4 Å². The standard InChI is InChI=1S/C23H34N3O10P/c1-11(2)8-16(26-37(33,34)36-23-20(29)19(28)18(27)12(3)35-23)21(30)25-17(22(31)32)9-13-10-24-15-7-5-4-6-14(13)15/h4-7,10-12,16-20,23-24,27-29H,8-9H2,1-3H3,(H,25,30)(H,31,32)(H2,26,33,34)/t12-,16+,17+,18-,19+,20-,23?/m1/s1. The Kier molecular flexibility index (Phi) is 9.48. The van der Waals surface area contributed by atoms with Crippen LogP contribution < -0.4 is 10.4 Å². The van der Waals surface area contributed by atoms with E-state index >= 15 is 0 Å². The molecule has 2 aromatic rings. The van der Waals surface area contributed by atoms with Crippen LogP contribution in [0.3, 0.4) is 0 Å². The highest BCUT2D eigenvalue weighted by atomic mass is 31.2. The second-order valence-electron chi connectivity index (χ2n) is 9.58. The average molecular weight is 544 g/mol. The number of nitrogens with one attached hydrogen (secondary N) is 3. The molecular weight excluding hydrogens is 509 g/mol. The number of carboxylic acid groups (broad SMARTS) is 1. The number of carbonyl (C=O) groups is 2. The molecule has 1 aliphatic heterocycles. The molecule has 2 unspecified atom stereocenters. The van der Waals surface area contributed by atoms with E-state index in [1.54, 1.807) is 20.0 Å². The Morgan fingerprint density at radius 1 is 1.14 bits per heavy atom. The molecule has 0 bridgehead atoms. The maximum Gasteiger partial charge on any atom is 0.406 e. The van der Waals surface area contributed by atoms with Crippen LogP contribution >= 0.6 is 7.75 Å². The first-order valence-corrected chi connectivity index (χ1v) is 13.4. The second-order valence-corrected chi connectivity index (χ2v) is 11.1. The summed E-state index contributed by atoms with van der Waals surface area (Å²) in [6.45, 7) is 4.90. The van der Waals surface area contributed by atoms with E-state index in [0.29, 0.717) is 5.56 Å². The Morgan fingerprint density at radius 2 is 1.81 bits per heavy atom.